The van der Waals surface area contributed by atoms with Crippen LogP contribution in [0.5, 0.6) is 0 Å². The summed E-state index contributed by atoms with van der Waals surface area (Å²) < 4.78 is 0. The molecule has 1 aromatic heterocycles. The minimum absolute atomic E-state index is 0.187. The topological polar surface area (TPSA) is 62.2 Å². The van der Waals surface area contributed by atoms with Crippen molar-refractivity contribution in [3.63, 3.8) is 0 Å². The Kier molecular flexibility index (Phi) is 4.50. The Labute approximate surface area is 88.7 Å². The molecular weight excluding hydrogens is 192 g/mol. The second-order valence-corrected chi connectivity index (χ2v) is 3.15. The Morgan fingerprint density at radius 1 is 1.60 bits per heavy atom. The maximum Gasteiger partial charge on any atom is 0.328 e. The van der Waals surface area contributed by atoms with Gasteiger partial charge in [0.1, 0.15) is 0 Å². The Balaban J connectivity index is 2.37. The summed E-state index contributed by atoms with van der Waals surface area (Å²) in [6.45, 7) is 2.56. The van der Waals surface area contributed by atoms with Crippen LogP contribution in [-0.2, 0) is 4.79 Å². The molecule has 0 saturated carbocycles. The monoisotopic (exact) mass is 206 g/mol. The molecule has 1 unspecified atom stereocenters. The molecule has 0 aliphatic rings. The van der Waals surface area contributed by atoms with Gasteiger partial charge in [0.25, 0.3) is 0 Å². The molecule has 0 aliphatic heterocycles. The third-order valence-corrected chi connectivity index (χ3v) is 2.01. The van der Waals surface area contributed by atoms with Crippen molar-refractivity contribution >= 4 is 5.97 Å². The number of nitrogens with zero attached hydrogens (tertiary/aromatic N) is 1. The number of nitrogens with one attached hydrogen (secondary N) is 1. The summed E-state index contributed by atoms with van der Waals surface area (Å²) in [6.07, 6.45) is 6.19. The average Bonchev–Trinajstić information content (AvgIpc) is 2.25. The average molecular weight is 206 g/mol. The fraction of sp³-hybridized carbons (Fsp3) is 0.273. The second kappa shape index (κ2) is 5.93. The number of aromatic nitrogens is 1. The van der Waals surface area contributed by atoms with Gasteiger partial charge in [0, 0.05) is 31.1 Å². The number of aliphatic carboxylic acids is 1. The zero-order chi connectivity index (χ0) is 11.1. The SMILES string of the molecule is CC(NC/C=C/C(=O)O)c1ccncc1. The van der Waals surface area contributed by atoms with Crippen molar-refractivity contribution < 1.29 is 9.90 Å². The van der Waals surface area contributed by atoms with Crippen LogP contribution in [-0.4, -0.2) is 22.6 Å². The van der Waals surface area contributed by atoms with Crippen LogP contribution in [0.1, 0.15) is 18.5 Å². The maximum absolute atomic E-state index is 10.2. The lowest BCUT2D eigenvalue weighted by Gasteiger charge is -2.11. The molecule has 0 aliphatic carbocycles. The predicted molar refractivity (Wildman–Crippen MR) is 57.4 cm³/mol. The van der Waals surface area contributed by atoms with Crippen LogP contribution in [0.3, 0.4) is 0 Å². The molecule has 80 valence electrons. The van der Waals surface area contributed by atoms with E-state index in [-0.39, 0.29) is 6.04 Å². The summed E-state index contributed by atoms with van der Waals surface area (Å²) in [6, 6.07) is 4.04. The molecule has 15 heavy (non-hydrogen) atoms. The standard InChI is InChI=1S/C11H14N2O2/c1-9(10-4-7-12-8-5-10)13-6-2-3-11(14)15/h2-5,7-9,13H,6H2,1H3,(H,14,15)/b3-2+. The van der Waals surface area contributed by atoms with Gasteiger partial charge >= 0.3 is 5.97 Å². The van der Waals surface area contributed by atoms with Crippen molar-refractivity contribution in [2.24, 2.45) is 0 Å². The van der Waals surface area contributed by atoms with Crippen molar-refractivity contribution in [3.8, 4) is 0 Å². The molecule has 0 aromatic carbocycles. The summed E-state index contributed by atoms with van der Waals surface area (Å²) in [5, 5.41) is 11.5. The minimum atomic E-state index is -0.923. The van der Waals surface area contributed by atoms with Gasteiger partial charge < -0.3 is 10.4 Å². The predicted octanol–water partition coefficient (Wildman–Crippen LogP) is 1.37. The van der Waals surface area contributed by atoms with Gasteiger partial charge in [-0.1, -0.05) is 6.08 Å². The number of carboxylic acids is 1. The number of hydrogen-bond acceptors (Lipinski definition) is 3. The quantitative estimate of drug-likeness (QED) is 0.714. The van der Waals surface area contributed by atoms with E-state index in [0.29, 0.717) is 6.54 Å². The first-order valence-electron chi connectivity index (χ1n) is 4.73. The van der Waals surface area contributed by atoms with Crippen LogP contribution in [0.25, 0.3) is 0 Å². The van der Waals surface area contributed by atoms with E-state index in [4.69, 9.17) is 5.11 Å². The zero-order valence-electron chi connectivity index (χ0n) is 8.55. The smallest absolute Gasteiger partial charge is 0.328 e. The first kappa shape index (κ1) is 11.4. The van der Waals surface area contributed by atoms with E-state index in [0.717, 1.165) is 11.6 Å². The molecule has 0 saturated heterocycles. The molecule has 4 nitrogen and oxygen atoms in total. The largest absolute Gasteiger partial charge is 0.478 e. The van der Waals surface area contributed by atoms with Crippen LogP contribution >= 0.6 is 0 Å². The van der Waals surface area contributed by atoms with Gasteiger partial charge in [-0.3, -0.25) is 4.98 Å². The van der Waals surface area contributed by atoms with E-state index in [1.807, 2.05) is 19.1 Å². The lowest BCUT2D eigenvalue weighted by molar-refractivity contribution is -0.131. The lowest BCUT2D eigenvalue weighted by Crippen LogP contribution is -2.18. The molecule has 2 N–H and O–H groups in total. The highest BCUT2D eigenvalue weighted by Gasteiger charge is 2.01. The second-order valence-electron chi connectivity index (χ2n) is 3.15. The highest BCUT2D eigenvalue weighted by molar-refractivity contribution is 5.79. The fourth-order valence-corrected chi connectivity index (χ4v) is 1.17. The minimum Gasteiger partial charge on any atom is -0.478 e. The van der Waals surface area contributed by atoms with Crippen molar-refractivity contribution in [1.29, 1.82) is 0 Å². The molecular formula is C11H14N2O2. The zero-order valence-corrected chi connectivity index (χ0v) is 8.55. The molecule has 0 amide bonds. The summed E-state index contributed by atoms with van der Waals surface area (Å²) in [5.41, 5.74) is 1.13. The van der Waals surface area contributed by atoms with E-state index in [9.17, 15) is 4.79 Å². The molecule has 1 rings (SSSR count). The number of rotatable bonds is 5. The van der Waals surface area contributed by atoms with Gasteiger partial charge in [-0.15, -0.1) is 0 Å². The molecule has 0 fully saturated rings. The van der Waals surface area contributed by atoms with Crippen molar-refractivity contribution in [3.05, 3.63) is 42.2 Å². The number of hydrogen-bond donors (Lipinski definition) is 2. The van der Waals surface area contributed by atoms with E-state index < -0.39 is 5.97 Å². The van der Waals surface area contributed by atoms with Gasteiger partial charge in [-0.05, 0) is 24.6 Å². The van der Waals surface area contributed by atoms with Crippen LogP contribution in [0.2, 0.25) is 0 Å². The Hall–Kier alpha value is -1.68. The number of pyridine rings is 1. The Morgan fingerprint density at radius 2 is 2.27 bits per heavy atom. The Morgan fingerprint density at radius 3 is 2.87 bits per heavy atom. The summed E-state index contributed by atoms with van der Waals surface area (Å²) in [7, 11) is 0. The van der Waals surface area contributed by atoms with Gasteiger partial charge in [-0.25, -0.2) is 4.79 Å². The number of carboxylic acid groups (broad SMARTS) is 1. The van der Waals surface area contributed by atoms with Crippen LogP contribution < -0.4 is 5.32 Å². The first-order chi connectivity index (χ1) is 7.20. The molecule has 1 aromatic rings. The molecule has 0 spiro atoms. The van der Waals surface area contributed by atoms with E-state index in [1.165, 1.54) is 0 Å². The van der Waals surface area contributed by atoms with Gasteiger partial charge in [0.05, 0.1) is 0 Å². The third kappa shape index (κ3) is 4.37. The van der Waals surface area contributed by atoms with Crippen LogP contribution in [0.4, 0.5) is 0 Å². The first-order valence-corrected chi connectivity index (χ1v) is 4.73. The molecule has 0 radical (unpaired) electrons. The summed E-state index contributed by atoms with van der Waals surface area (Å²) >= 11 is 0. The number of carbonyl (C=O) groups is 1. The van der Waals surface area contributed by atoms with Crippen molar-refractivity contribution in [1.82, 2.24) is 10.3 Å². The molecule has 0 bridgehead atoms. The highest BCUT2D eigenvalue weighted by Crippen LogP contribution is 2.09. The van der Waals surface area contributed by atoms with Gasteiger partial charge in [0.15, 0.2) is 0 Å². The highest BCUT2D eigenvalue weighted by atomic mass is 16.4. The van der Waals surface area contributed by atoms with E-state index in [1.54, 1.807) is 18.5 Å². The Bertz CT molecular complexity index is 336. The van der Waals surface area contributed by atoms with Crippen LogP contribution in [0, 0.1) is 0 Å². The summed E-state index contributed by atoms with van der Waals surface area (Å²) in [4.78, 5) is 14.1. The van der Waals surface area contributed by atoms with Gasteiger partial charge in [0.2, 0.25) is 0 Å². The van der Waals surface area contributed by atoms with Gasteiger partial charge in [-0.2, -0.15) is 0 Å². The van der Waals surface area contributed by atoms with Crippen LogP contribution in [0.15, 0.2) is 36.7 Å². The summed E-state index contributed by atoms with van der Waals surface area (Å²) in [5.74, 6) is -0.923. The third-order valence-electron chi connectivity index (χ3n) is 2.01. The molecule has 1 atom stereocenters. The van der Waals surface area contributed by atoms with E-state index >= 15 is 0 Å². The van der Waals surface area contributed by atoms with Crippen molar-refractivity contribution in [2.75, 3.05) is 6.54 Å². The maximum atomic E-state index is 10.2. The lowest BCUT2D eigenvalue weighted by atomic mass is 10.1. The normalized spacial score (nSPS) is 12.9. The van der Waals surface area contributed by atoms with E-state index in [2.05, 4.69) is 10.3 Å². The molecule has 1 heterocycles. The molecule has 4 heteroatoms. The fourth-order valence-electron chi connectivity index (χ4n) is 1.17. The van der Waals surface area contributed by atoms with Crippen molar-refractivity contribution in [2.45, 2.75) is 13.0 Å².